The van der Waals surface area contributed by atoms with Crippen LogP contribution in [0.5, 0.6) is 0 Å². The first kappa shape index (κ1) is 70.0. The molecule has 0 radical (unpaired) electrons. The molecule has 0 bridgehead atoms. The van der Waals surface area contributed by atoms with Crippen molar-refractivity contribution in [1.82, 2.24) is 0 Å². The smallest absolute Gasteiger partial charge is 0.306 e. The zero-order valence-electron chi connectivity index (χ0n) is 47.4. The van der Waals surface area contributed by atoms with Gasteiger partial charge in [-0.05, 0) is 89.9 Å². The van der Waals surface area contributed by atoms with Crippen molar-refractivity contribution in [3.8, 4) is 0 Å². The van der Waals surface area contributed by atoms with Gasteiger partial charge in [0, 0.05) is 13.0 Å². The number of hydrogen-bond donors (Lipinski definition) is 7. The van der Waals surface area contributed by atoms with Crippen LogP contribution in [0, 0.1) is 0 Å². The number of carbonyl (C=O) groups excluding carboxylic acids is 1. The lowest BCUT2D eigenvalue weighted by atomic mass is 9.98. The fourth-order valence-electron chi connectivity index (χ4n) is 8.86. The molecule has 14 heteroatoms. The van der Waals surface area contributed by atoms with Gasteiger partial charge in [0.25, 0.3) is 0 Å². The van der Waals surface area contributed by atoms with E-state index in [1.54, 1.807) is 0 Å². The predicted molar refractivity (Wildman–Crippen MR) is 307 cm³/mol. The van der Waals surface area contributed by atoms with Gasteiger partial charge in [-0.2, -0.15) is 0 Å². The summed E-state index contributed by atoms with van der Waals surface area (Å²) in [6, 6.07) is 0. The molecular weight excluding hydrogens is 981 g/mol. The van der Waals surface area contributed by atoms with Crippen LogP contribution in [0.3, 0.4) is 0 Å². The minimum absolute atomic E-state index is 0.0482. The monoisotopic (exact) mass is 1090 g/mol. The van der Waals surface area contributed by atoms with Crippen LogP contribution in [0.2, 0.25) is 0 Å². The van der Waals surface area contributed by atoms with Crippen molar-refractivity contribution in [3.63, 3.8) is 0 Å². The molecule has 2 aliphatic heterocycles. The number of esters is 1. The Morgan fingerprint density at radius 3 is 1.26 bits per heavy atom. The van der Waals surface area contributed by atoms with Gasteiger partial charge in [0.2, 0.25) is 0 Å². The number of unbranched alkanes of at least 4 members (excludes halogenated alkanes) is 17. The molecule has 0 aromatic rings. The van der Waals surface area contributed by atoms with Gasteiger partial charge in [0.05, 0.1) is 26.4 Å². The van der Waals surface area contributed by atoms with Gasteiger partial charge < -0.3 is 64.2 Å². The second-order valence-electron chi connectivity index (χ2n) is 20.4. The standard InChI is InChI=1S/C63H106O14/c1-3-5-7-9-11-13-15-17-19-21-23-25-27-29-31-33-35-37-39-41-43-45-47-72-49-52(50-73-62-61(71)59(69)57(67)54(77-62)51-74-63-60(70)58(68)56(66)53(48-64)76-63)75-55(65)46-44-42-40-38-36-34-32-30-28-26-24-22-20-18-16-14-12-10-8-6-4-2/h5-8,11-14,17-20,23-26,52-54,56-64,66-71H,3-4,9-10,15-16,21-22,27-51H2,1-2H3/b7-5-,8-6-,13-11-,14-12-,19-17-,20-18-,25-23-,26-24-. The fourth-order valence-corrected chi connectivity index (χ4v) is 8.86. The van der Waals surface area contributed by atoms with E-state index in [0.29, 0.717) is 13.0 Å². The average molecular weight is 1090 g/mol. The zero-order valence-corrected chi connectivity index (χ0v) is 47.4. The highest BCUT2D eigenvalue weighted by Crippen LogP contribution is 2.26. The molecule has 11 atom stereocenters. The number of aliphatic hydroxyl groups is 7. The lowest BCUT2D eigenvalue weighted by molar-refractivity contribution is -0.332. The summed E-state index contributed by atoms with van der Waals surface area (Å²) in [6.45, 7) is 3.43. The van der Waals surface area contributed by atoms with Crippen LogP contribution in [-0.2, 0) is 33.2 Å². The number of aliphatic hydroxyl groups excluding tert-OH is 7. The van der Waals surface area contributed by atoms with E-state index >= 15 is 0 Å². The van der Waals surface area contributed by atoms with E-state index in [2.05, 4.69) is 111 Å². The lowest BCUT2D eigenvalue weighted by Crippen LogP contribution is -2.61. The van der Waals surface area contributed by atoms with Crippen molar-refractivity contribution < 1.29 is 69.0 Å². The maximum absolute atomic E-state index is 13.1. The van der Waals surface area contributed by atoms with Crippen LogP contribution in [0.15, 0.2) is 97.2 Å². The molecule has 2 rings (SSSR count). The highest BCUT2D eigenvalue weighted by molar-refractivity contribution is 5.69. The topological polar surface area (TPSA) is 214 Å². The van der Waals surface area contributed by atoms with Crippen molar-refractivity contribution in [3.05, 3.63) is 97.2 Å². The van der Waals surface area contributed by atoms with Crippen LogP contribution < -0.4 is 0 Å². The minimum atomic E-state index is -1.72. The highest BCUT2D eigenvalue weighted by atomic mass is 16.7. The Morgan fingerprint density at radius 2 is 0.805 bits per heavy atom. The van der Waals surface area contributed by atoms with E-state index in [1.807, 2.05) is 0 Å². The van der Waals surface area contributed by atoms with E-state index < -0.39 is 80.7 Å². The van der Waals surface area contributed by atoms with Gasteiger partial charge >= 0.3 is 5.97 Å². The first-order valence-corrected chi connectivity index (χ1v) is 29.8. The molecule has 0 spiro atoms. The van der Waals surface area contributed by atoms with Gasteiger partial charge in [-0.15, -0.1) is 0 Å². The largest absolute Gasteiger partial charge is 0.457 e. The van der Waals surface area contributed by atoms with E-state index in [4.69, 9.17) is 28.4 Å². The Bertz CT molecular complexity index is 1640. The molecule has 2 aliphatic rings. The van der Waals surface area contributed by atoms with Gasteiger partial charge in [-0.3, -0.25) is 4.79 Å². The summed E-state index contributed by atoms with van der Waals surface area (Å²) in [5, 5.41) is 72.4. The molecule has 442 valence electrons. The molecule has 0 aromatic carbocycles. The molecule has 14 nitrogen and oxygen atoms in total. The molecule has 0 saturated carbocycles. The number of carbonyl (C=O) groups is 1. The van der Waals surface area contributed by atoms with Crippen molar-refractivity contribution in [2.45, 2.75) is 261 Å². The number of ether oxygens (including phenoxy) is 6. The van der Waals surface area contributed by atoms with Crippen LogP contribution in [0.1, 0.15) is 194 Å². The molecule has 2 saturated heterocycles. The Morgan fingerprint density at radius 1 is 0.429 bits per heavy atom. The number of rotatable bonds is 47. The molecule has 2 fully saturated rings. The molecule has 0 aromatic heterocycles. The first-order valence-electron chi connectivity index (χ1n) is 29.8. The Kier molecular flexibility index (Phi) is 44.4. The summed E-state index contributed by atoms with van der Waals surface area (Å²) in [4.78, 5) is 13.1. The minimum Gasteiger partial charge on any atom is -0.457 e. The quantitative estimate of drug-likeness (QED) is 0.0172. The second kappa shape index (κ2) is 48.8. The Balaban J connectivity index is 1.71. The molecule has 11 unspecified atom stereocenters. The van der Waals surface area contributed by atoms with Crippen molar-refractivity contribution in [2.75, 3.05) is 33.0 Å². The van der Waals surface area contributed by atoms with Crippen molar-refractivity contribution in [2.24, 2.45) is 0 Å². The summed E-state index contributed by atoms with van der Waals surface area (Å²) in [6.07, 6.45) is 48.9. The molecule has 7 N–H and O–H groups in total. The van der Waals surface area contributed by atoms with Crippen LogP contribution in [0.25, 0.3) is 0 Å². The molecule has 77 heavy (non-hydrogen) atoms. The SMILES string of the molecule is CC/C=C\C/C=C\C/C=C\C/C=C\CCCCCCCCCCCOCC(COC1OC(COC2OC(CO)C(O)C(O)C2O)C(O)C(O)C1O)OC(=O)CCCCCCCCCC/C=C\C/C=C\C/C=C\C/C=C\CC. The predicted octanol–water partition coefficient (Wildman–Crippen LogP) is 11.0. The fraction of sp³-hybridized carbons (Fsp3) is 0.730. The maximum Gasteiger partial charge on any atom is 0.306 e. The van der Waals surface area contributed by atoms with Crippen molar-refractivity contribution in [1.29, 1.82) is 0 Å². The second-order valence-corrected chi connectivity index (χ2v) is 20.4. The third kappa shape index (κ3) is 35.3. The summed E-state index contributed by atoms with van der Waals surface area (Å²) in [5.41, 5.74) is 0. The van der Waals surface area contributed by atoms with Crippen LogP contribution in [0.4, 0.5) is 0 Å². The number of hydrogen-bond acceptors (Lipinski definition) is 14. The zero-order chi connectivity index (χ0) is 55.8. The normalized spacial score (nSPS) is 25.0. The first-order chi connectivity index (χ1) is 37.6. The average Bonchev–Trinajstić information content (AvgIpc) is 3.43. The van der Waals surface area contributed by atoms with Gasteiger partial charge in [0.15, 0.2) is 12.6 Å². The highest BCUT2D eigenvalue weighted by Gasteiger charge is 2.47. The Hall–Kier alpha value is -3.09. The van der Waals surface area contributed by atoms with Gasteiger partial charge in [0.1, 0.15) is 54.9 Å². The molecule has 0 amide bonds. The molecular formula is C63H106O14. The van der Waals surface area contributed by atoms with Gasteiger partial charge in [-0.25, -0.2) is 0 Å². The van der Waals surface area contributed by atoms with Crippen LogP contribution in [-0.4, -0.2) is 142 Å². The summed E-state index contributed by atoms with van der Waals surface area (Å²) >= 11 is 0. The molecule has 0 aliphatic carbocycles. The third-order valence-corrected chi connectivity index (χ3v) is 13.6. The Labute approximate surface area is 464 Å². The summed E-state index contributed by atoms with van der Waals surface area (Å²) in [5.74, 6) is -0.390. The summed E-state index contributed by atoms with van der Waals surface area (Å²) < 4.78 is 34.4. The van der Waals surface area contributed by atoms with E-state index in [0.717, 1.165) is 103 Å². The molecule has 2 heterocycles. The van der Waals surface area contributed by atoms with Crippen molar-refractivity contribution >= 4 is 5.97 Å². The van der Waals surface area contributed by atoms with Crippen LogP contribution >= 0.6 is 0 Å². The van der Waals surface area contributed by atoms with E-state index in [1.165, 1.54) is 64.2 Å². The maximum atomic E-state index is 13.1. The van der Waals surface area contributed by atoms with E-state index in [9.17, 15) is 40.5 Å². The third-order valence-electron chi connectivity index (χ3n) is 13.6. The van der Waals surface area contributed by atoms with Gasteiger partial charge in [-0.1, -0.05) is 195 Å². The lowest BCUT2D eigenvalue weighted by Gasteiger charge is -2.42. The summed E-state index contributed by atoms with van der Waals surface area (Å²) in [7, 11) is 0. The van der Waals surface area contributed by atoms with E-state index in [-0.39, 0.29) is 25.6 Å². The number of allylic oxidation sites excluding steroid dienone is 16.